The summed E-state index contributed by atoms with van der Waals surface area (Å²) in [6.07, 6.45) is 0.224. The quantitative estimate of drug-likeness (QED) is 0.234. The molecule has 4 rings (SSSR count). The number of nitrogens with zero attached hydrogens (tertiary/aromatic N) is 2. The molecular weight excluding hydrogens is 586 g/mol. The molecule has 0 aliphatic carbocycles. The summed E-state index contributed by atoms with van der Waals surface area (Å²) < 4.78 is 34.4. The molecule has 1 unspecified atom stereocenters. The SMILES string of the molecule is CNC(=O)C(Cc1ccccc1)N(Cc1cccc(OC)c1)C(=O)CN(c1ccc(Cl)cc1)S(=O)(=O)c1ccc(C)cc1. The Labute approximate surface area is 257 Å². The second-order valence-corrected chi connectivity index (χ2v) is 12.3. The van der Waals surface area contributed by atoms with Gasteiger partial charge in [0.2, 0.25) is 11.8 Å². The van der Waals surface area contributed by atoms with Crippen LogP contribution < -0.4 is 14.4 Å². The van der Waals surface area contributed by atoms with Crippen LogP contribution in [0, 0.1) is 6.92 Å². The Kier molecular flexibility index (Phi) is 10.4. The molecule has 0 spiro atoms. The molecule has 0 fully saturated rings. The summed E-state index contributed by atoms with van der Waals surface area (Å²) in [5, 5.41) is 3.10. The highest BCUT2D eigenvalue weighted by Gasteiger charge is 2.34. The van der Waals surface area contributed by atoms with Crippen LogP contribution in [0.3, 0.4) is 0 Å². The number of benzene rings is 4. The molecule has 1 N–H and O–H groups in total. The first-order valence-electron chi connectivity index (χ1n) is 13.6. The number of sulfonamides is 1. The summed E-state index contributed by atoms with van der Waals surface area (Å²) in [7, 11) is -1.13. The summed E-state index contributed by atoms with van der Waals surface area (Å²) in [6.45, 7) is 1.35. The third-order valence-electron chi connectivity index (χ3n) is 7.01. The lowest BCUT2D eigenvalue weighted by Crippen LogP contribution is -2.53. The average Bonchev–Trinajstić information content (AvgIpc) is 3.02. The first kappa shape index (κ1) is 31.6. The number of hydrogen-bond acceptors (Lipinski definition) is 5. The van der Waals surface area contributed by atoms with Crippen molar-refractivity contribution in [1.29, 1.82) is 0 Å². The van der Waals surface area contributed by atoms with E-state index in [2.05, 4.69) is 5.32 Å². The maximum atomic E-state index is 14.3. The lowest BCUT2D eigenvalue weighted by molar-refractivity contribution is -0.139. The molecule has 224 valence electrons. The minimum atomic E-state index is -4.18. The highest BCUT2D eigenvalue weighted by Crippen LogP contribution is 2.27. The minimum absolute atomic E-state index is 0.0346. The van der Waals surface area contributed by atoms with Gasteiger partial charge in [-0.15, -0.1) is 0 Å². The van der Waals surface area contributed by atoms with Crippen molar-refractivity contribution < 1.29 is 22.7 Å². The molecule has 0 saturated heterocycles. The van der Waals surface area contributed by atoms with E-state index in [9.17, 15) is 18.0 Å². The van der Waals surface area contributed by atoms with Crippen LogP contribution in [0.15, 0.2) is 108 Å². The summed E-state index contributed by atoms with van der Waals surface area (Å²) in [6, 6.07) is 28.3. The van der Waals surface area contributed by atoms with Crippen LogP contribution in [0.1, 0.15) is 16.7 Å². The van der Waals surface area contributed by atoms with Gasteiger partial charge in [-0.1, -0.05) is 71.8 Å². The molecule has 43 heavy (non-hydrogen) atoms. The van der Waals surface area contributed by atoms with Gasteiger partial charge in [-0.05, 0) is 66.6 Å². The predicted molar refractivity (Wildman–Crippen MR) is 169 cm³/mol. The van der Waals surface area contributed by atoms with E-state index in [1.165, 1.54) is 24.1 Å². The van der Waals surface area contributed by atoms with Gasteiger partial charge >= 0.3 is 0 Å². The smallest absolute Gasteiger partial charge is 0.264 e. The number of carbonyl (C=O) groups excluding carboxylic acids is 2. The normalized spacial score (nSPS) is 11.8. The molecule has 4 aromatic rings. The molecule has 8 nitrogen and oxygen atoms in total. The van der Waals surface area contributed by atoms with E-state index in [0.717, 1.165) is 15.4 Å². The van der Waals surface area contributed by atoms with Crippen LogP contribution in [0.4, 0.5) is 5.69 Å². The van der Waals surface area contributed by atoms with Gasteiger partial charge < -0.3 is 15.0 Å². The Morgan fingerprint density at radius 1 is 0.884 bits per heavy atom. The molecule has 0 aliphatic rings. The molecule has 0 bridgehead atoms. The van der Waals surface area contributed by atoms with E-state index < -0.39 is 28.5 Å². The van der Waals surface area contributed by atoms with E-state index in [1.807, 2.05) is 43.3 Å². The van der Waals surface area contributed by atoms with Gasteiger partial charge in [-0.3, -0.25) is 13.9 Å². The molecule has 0 radical (unpaired) electrons. The van der Waals surface area contributed by atoms with Gasteiger partial charge in [0, 0.05) is 25.0 Å². The van der Waals surface area contributed by atoms with E-state index >= 15 is 0 Å². The van der Waals surface area contributed by atoms with Crippen molar-refractivity contribution in [2.75, 3.05) is 25.0 Å². The van der Waals surface area contributed by atoms with Crippen LogP contribution in [-0.4, -0.2) is 51.9 Å². The van der Waals surface area contributed by atoms with E-state index in [0.29, 0.717) is 16.3 Å². The van der Waals surface area contributed by atoms with Crippen molar-refractivity contribution in [2.45, 2.75) is 30.8 Å². The highest BCUT2D eigenvalue weighted by atomic mass is 35.5. The maximum Gasteiger partial charge on any atom is 0.264 e. The van der Waals surface area contributed by atoms with Gasteiger partial charge in [0.05, 0.1) is 17.7 Å². The predicted octanol–water partition coefficient (Wildman–Crippen LogP) is 5.24. The third kappa shape index (κ3) is 7.94. The summed E-state index contributed by atoms with van der Waals surface area (Å²) >= 11 is 6.11. The minimum Gasteiger partial charge on any atom is -0.497 e. The van der Waals surface area contributed by atoms with Crippen LogP contribution in [0.25, 0.3) is 0 Å². The van der Waals surface area contributed by atoms with Crippen molar-refractivity contribution in [3.63, 3.8) is 0 Å². The van der Waals surface area contributed by atoms with E-state index in [-0.39, 0.29) is 29.5 Å². The van der Waals surface area contributed by atoms with Gasteiger partial charge in [0.25, 0.3) is 10.0 Å². The number of carbonyl (C=O) groups is 2. The Bertz CT molecular complexity index is 1650. The zero-order valence-corrected chi connectivity index (χ0v) is 25.8. The monoisotopic (exact) mass is 619 g/mol. The number of anilines is 1. The fraction of sp³-hybridized carbons (Fsp3) is 0.212. The summed E-state index contributed by atoms with van der Waals surface area (Å²) in [5.74, 6) is -0.341. The number of ether oxygens (including phenoxy) is 1. The Hall–Kier alpha value is -4.34. The first-order valence-corrected chi connectivity index (χ1v) is 15.5. The lowest BCUT2D eigenvalue weighted by Gasteiger charge is -2.33. The second-order valence-electron chi connectivity index (χ2n) is 9.99. The average molecular weight is 620 g/mol. The van der Waals surface area contributed by atoms with Crippen molar-refractivity contribution in [3.05, 3.63) is 125 Å². The zero-order chi connectivity index (χ0) is 31.0. The number of nitrogens with one attached hydrogen (secondary N) is 1. The number of aryl methyl sites for hydroxylation is 1. The molecule has 0 aliphatic heterocycles. The van der Waals surface area contributed by atoms with Crippen molar-refractivity contribution in [2.24, 2.45) is 0 Å². The fourth-order valence-corrected chi connectivity index (χ4v) is 6.20. The lowest BCUT2D eigenvalue weighted by atomic mass is 10.0. The first-order chi connectivity index (χ1) is 20.6. The molecular formula is C33H34ClN3O5S. The molecule has 0 aromatic heterocycles. The number of amides is 2. The van der Waals surface area contributed by atoms with Gasteiger partial charge in [0.1, 0.15) is 18.3 Å². The molecule has 1 atom stereocenters. The summed E-state index contributed by atoms with van der Waals surface area (Å²) in [4.78, 5) is 29.1. The molecule has 10 heteroatoms. The Morgan fingerprint density at radius 2 is 1.53 bits per heavy atom. The van der Waals surface area contributed by atoms with Crippen LogP contribution in [0.5, 0.6) is 5.75 Å². The van der Waals surface area contributed by atoms with E-state index in [1.54, 1.807) is 61.7 Å². The number of likely N-dealkylation sites (N-methyl/N-ethyl adjacent to an activating group) is 1. The molecule has 0 saturated carbocycles. The van der Waals surface area contributed by atoms with Crippen molar-refractivity contribution in [1.82, 2.24) is 10.2 Å². The summed E-state index contributed by atoms with van der Waals surface area (Å²) in [5.41, 5.74) is 2.72. The Morgan fingerprint density at radius 3 is 2.16 bits per heavy atom. The topological polar surface area (TPSA) is 96.0 Å². The number of hydrogen-bond donors (Lipinski definition) is 1. The van der Waals surface area contributed by atoms with E-state index in [4.69, 9.17) is 16.3 Å². The molecule has 0 heterocycles. The largest absolute Gasteiger partial charge is 0.497 e. The maximum absolute atomic E-state index is 14.3. The number of methoxy groups -OCH3 is 1. The Balaban J connectivity index is 1.79. The van der Waals surface area contributed by atoms with Gasteiger partial charge in [0.15, 0.2) is 0 Å². The van der Waals surface area contributed by atoms with Gasteiger partial charge in [-0.25, -0.2) is 8.42 Å². The van der Waals surface area contributed by atoms with Crippen LogP contribution in [-0.2, 0) is 32.6 Å². The molecule has 4 aromatic carbocycles. The fourth-order valence-electron chi connectivity index (χ4n) is 4.66. The number of rotatable bonds is 12. The standard InChI is InChI=1S/C33H34ClN3O5S/c1-24-12-18-30(19-13-24)43(40,41)37(28-16-14-27(34)15-17-28)23-32(38)36(22-26-10-7-11-29(20-26)42-3)31(33(39)35-2)21-25-8-5-4-6-9-25/h4-20,31H,21-23H2,1-3H3,(H,35,39). The van der Waals surface area contributed by atoms with Crippen molar-refractivity contribution >= 4 is 39.1 Å². The molecule has 2 amide bonds. The van der Waals surface area contributed by atoms with Crippen LogP contribution >= 0.6 is 11.6 Å². The van der Waals surface area contributed by atoms with Crippen LogP contribution in [0.2, 0.25) is 5.02 Å². The zero-order valence-electron chi connectivity index (χ0n) is 24.2. The third-order valence-corrected chi connectivity index (χ3v) is 9.05. The van der Waals surface area contributed by atoms with Gasteiger partial charge in [-0.2, -0.15) is 0 Å². The second kappa shape index (κ2) is 14.2. The highest BCUT2D eigenvalue weighted by molar-refractivity contribution is 7.92. The number of halogens is 1. The van der Waals surface area contributed by atoms with Crippen molar-refractivity contribution in [3.8, 4) is 5.75 Å².